The summed E-state index contributed by atoms with van der Waals surface area (Å²) >= 11 is 0. The van der Waals surface area contributed by atoms with E-state index in [1.54, 1.807) is 0 Å². The first-order valence-electron chi connectivity index (χ1n) is 5.43. The predicted molar refractivity (Wildman–Crippen MR) is 56.1 cm³/mol. The summed E-state index contributed by atoms with van der Waals surface area (Å²) in [5.41, 5.74) is 0. The van der Waals surface area contributed by atoms with Gasteiger partial charge in [0.05, 0.1) is 0 Å². The number of hydrogen-bond donors (Lipinski definition) is 0. The van der Waals surface area contributed by atoms with Gasteiger partial charge in [0, 0.05) is 25.6 Å². The van der Waals surface area contributed by atoms with Gasteiger partial charge in [-0.1, -0.05) is 20.8 Å². The summed E-state index contributed by atoms with van der Waals surface area (Å²) in [7, 11) is 0. The van der Waals surface area contributed by atoms with Gasteiger partial charge in [0.2, 0.25) is 0 Å². The van der Waals surface area contributed by atoms with E-state index in [0.29, 0.717) is 19.6 Å². The van der Waals surface area contributed by atoms with Gasteiger partial charge in [-0.25, -0.2) is 0 Å². The molecule has 3 heteroatoms. The number of hydrogen-bond acceptors (Lipinski definition) is 3. The SMILES string of the molecule is CCCOC(CC(C)C=O)OCCC. The lowest BCUT2D eigenvalue weighted by molar-refractivity contribution is -0.153. The van der Waals surface area contributed by atoms with Crippen LogP contribution >= 0.6 is 0 Å². The highest BCUT2D eigenvalue weighted by atomic mass is 16.7. The Labute approximate surface area is 86.8 Å². The molecule has 1 unspecified atom stereocenters. The van der Waals surface area contributed by atoms with Crippen molar-refractivity contribution in [1.29, 1.82) is 0 Å². The van der Waals surface area contributed by atoms with Gasteiger partial charge < -0.3 is 14.3 Å². The molecule has 0 aromatic rings. The molecule has 3 nitrogen and oxygen atoms in total. The van der Waals surface area contributed by atoms with E-state index in [-0.39, 0.29) is 12.2 Å². The molecule has 0 aromatic heterocycles. The highest BCUT2D eigenvalue weighted by molar-refractivity contribution is 5.52. The fraction of sp³-hybridized carbons (Fsp3) is 0.909. The van der Waals surface area contributed by atoms with E-state index in [2.05, 4.69) is 13.8 Å². The van der Waals surface area contributed by atoms with E-state index in [1.807, 2.05) is 6.92 Å². The third-order valence-electron chi connectivity index (χ3n) is 1.81. The zero-order chi connectivity index (χ0) is 10.8. The van der Waals surface area contributed by atoms with Gasteiger partial charge in [0.15, 0.2) is 6.29 Å². The third kappa shape index (κ3) is 7.04. The van der Waals surface area contributed by atoms with Crippen molar-refractivity contribution in [3.05, 3.63) is 0 Å². The van der Waals surface area contributed by atoms with Crippen molar-refractivity contribution in [2.45, 2.75) is 46.3 Å². The van der Waals surface area contributed by atoms with Gasteiger partial charge in [-0.15, -0.1) is 0 Å². The summed E-state index contributed by atoms with van der Waals surface area (Å²) in [6.07, 6.45) is 3.33. The fourth-order valence-corrected chi connectivity index (χ4v) is 1.04. The maximum absolute atomic E-state index is 10.5. The van der Waals surface area contributed by atoms with Crippen LogP contribution in [0, 0.1) is 5.92 Å². The Morgan fingerprint density at radius 2 is 1.64 bits per heavy atom. The van der Waals surface area contributed by atoms with Gasteiger partial charge in [-0.2, -0.15) is 0 Å². The maximum atomic E-state index is 10.5. The highest BCUT2D eigenvalue weighted by Crippen LogP contribution is 2.09. The summed E-state index contributed by atoms with van der Waals surface area (Å²) in [6, 6.07) is 0. The molecule has 0 spiro atoms. The average molecular weight is 202 g/mol. The molecule has 14 heavy (non-hydrogen) atoms. The van der Waals surface area contributed by atoms with Gasteiger partial charge in [0.25, 0.3) is 0 Å². The van der Waals surface area contributed by atoms with E-state index < -0.39 is 0 Å². The predicted octanol–water partition coefficient (Wildman–Crippen LogP) is 2.39. The highest BCUT2D eigenvalue weighted by Gasteiger charge is 2.12. The van der Waals surface area contributed by atoms with E-state index in [4.69, 9.17) is 9.47 Å². The van der Waals surface area contributed by atoms with Crippen LogP contribution in [0.15, 0.2) is 0 Å². The lowest BCUT2D eigenvalue weighted by Gasteiger charge is -2.19. The van der Waals surface area contributed by atoms with Gasteiger partial charge in [0.1, 0.15) is 6.29 Å². The van der Waals surface area contributed by atoms with Crippen molar-refractivity contribution in [2.24, 2.45) is 5.92 Å². The van der Waals surface area contributed by atoms with Crippen LogP contribution in [-0.4, -0.2) is 25.8 Å². The van der Waals surface area contributed by atoms with Crippen molar-refractivity contribution >= 4 is 6.29 Å². The van der Waals surface area contributed by atoms with Crippen LogP contribution < -0.4 is 0 Å². The third-order valence-corrected chi connectivity index (χ3v) is 1.81. The van der Waals surface area contributed by atoms with E-state index in [0.717, 1.165) is 19.1 Å². The minimum absolute atomic E-state index is 0.00807. The van der Waals surface area contributed by atoms with E-state index >= 15 is 0 Å². The van der Waals surface area contributed by atoms with Gasteiger partial charge in [-0.3, -0.25) is 0 Å². The molecule has 0 amide bonds. The molecule has 0 fully saturated rings. The first-order valence-corrected chi connectivity index (χ1v) is 5.43. The molecule has 0 radical (unpaired) electrons. The Kier molecular flexibility index (Phi) is 8.89. The van der Waals surface area contributed by atoms with Crippen molar-refractivity contribution in [2.75, 3.05) is 13.2 Å². The second-order valence-electron chi connectivity index (χ2n) is 3.52. The van der Waals surface area contributed by atoms with Gasteiger partial charge >= 0.3 is 0 Å². The number of carbonyl (C=O) groups is 1. The summed E-state index contributed by atoms with van der Waals surface area (Å²) in [5, 5.41) is 0. The topological polar surface area (TPSA) is 35.5 Å². The quantitative estimate of drug-likeness (QED) is 0.425. The molecular formula is C11H22O3. The van der Waals surface area contributed by atoms with Crippen LogP contribution in [0.1, 0.15) is 40.0 Å². The average Bonchev–Trinajstić information content (AvgIpc) is 2.21. The van der Waals surface area contributed by atoms with Crippen LogP contribution in [-0.2, 0) is 14.3 Å². The summed E-state index contributed by atoms with van der Waals surface area (Å²) in [4.78, 5) is 10.5. The van der Waals surface area contributed by atoms with Crippen LogP contribution in [0.5, 0.6) is 0 Å². The van der Waals surface area contributed by atoms with Crippen molar-refractivity contribution in [3.63, 3.8) is 0 Å². The van der Waals surface area contributed by atoms with Crippen molar-refractivity contribution in [3.8, 4) is 0 Å². The summed E-state index contributed by atoms with van der Waals surface area (Å²) in [6.45, 7) is 7.38. The first-order chi connectivity index (χ1) is 6.74. The standard InChI is InChI=1S/C11H22O3/c1-4-6-13-11(14-7-5-2)8-10(3)9-12/h9-11H,4-8H2,1-3H3. The van der Waals surface area contributed by atoms with Crippen molar-refractivity contribution < 1.29 is 14.3 Å². The Hall–Kier alpha value is -0.410. The number of ether oxygens (including phenoxy) is 2. The Bertz CT molecular complexity index is 128. The van der Waals surface area contributed by atoms with Crippen LogP contribution in [0.3, 0.4) is 0 Å². The number of carbonyl (C=O) groups excluding carboxylic acids is 1. The monoisotopic (exact) mass is 202 g/mol. The molecule has 0 aliphatic heterocycles. The molecule has 0 aliphatic rings. The normalized spacial score (nSPS) is 13.1. The minimum atomic E-state index is -0.213. The molecule has 1 atom stereocenters. The first kappa shape index (κ1) is 13.6. The molecule has 0 rings (SSSR count). The van der Waals surface area contributed by atoms with Crippen LogP contribution in [0.25, 0.3) is 0 Å². The van der Waals surface area contributed by atoms with Gasteiger partial charge in [-0.05, 0) is 12.8 Å². The fourth-order valence-electron chi connectivity index (χ4n) is 1.04. The molecule has 0 heterocycles. The molecule has 0 N–H and O–H groups in total. The molecule has 0 aliphatic carbocycles. The second kappa shape index (κ2) is 9.16. The van der Waals surface area contributed by atoms with E-state index in [9.17, 15) is 4.79 Å². The van der Waals surface area contributed by atoms with E-state index in [1.165, 1.54) is 0 Å². The molecule has 84 valence electrons. The second-order valence-corrected chi connectivity index (χ2v) is 3.52. The zero-order valence-corrected chi connectivity index (χ0v) is 9.49. The Balaban J connectivity index is 3.76. The van der Waals surface area contributed by atoms with Crippen LogP contribution in [0.4, 0.5) is 0 Å². The minimum Gasteiger partial charge on any atom is -0.353 e. The lowest BCUT2D eigenvalue weighted by Crippen LogP contribution is -2.21. The lowest BCUT2D eigenvalue weighted by atomic mass is 10.1. The summed E-state index contributed by atoms with van der Waals surface area (Å²) in [5.74, 6) is 0.00807. The number of aldehydes is 1. The molecule has 0 saturated carbocycles. The van der Waals surface area contributed by atoms with Crippen molar-refractivity contribution in [1.82, 2.24) is 0 Å². The molecular weight excluding hydrogens is 180 g/mol. The molecule has 0 bridgehead atoms. The molecule has 0 saturated heterocycles. The smallest absolute Gasteiger partial charge is 0.158 e. The van der Waals surface area contributed by atoms with Crippen LogP contribution in [0.2, 0.25) is 0 Å². The number of rotatable bonds is 9. The zero-order valence-electron chi connectivity index (χ0n) is 9.49. The maximum Gasteiger partial charge on any atom is 0.158 e. The molecule has 0 aromatic carbocycles. The Morgan fingerprint density at radius 3 is 2.00 bits per heavy atom. The largest absolute Gasteiger partial charge is 0.353 e. The summed E-state index contributed by atoms with van der Waals surface area (Å²) < 4.78 is 11.0. The Morgan fingerprint density at radius 1 is 1.14 bits per heavy atom.